The molecule has 2 N–H and O–H groups in total. The summed E-state index contributed by atoms with van der Waals surface area (Å²) < 4.78 is 23.6. The fourth-order valence-corrected chi connectivity index (χ4v) is 4.07. The molecule has 4 aromatic rings. The molecule has 3 atom stereocenters. The number of hydrogen-bond donors (Lipinski definition) is 1. The van der Waals surface area contributed by atoms with Gasteiger partial charge in [-0.15, -0.1) is 4.74 Å². The highest BCUT2D eigenvalue weighted by atomic mass is 31.1. The van der Waals surface area contributed by atoms with Crippen molar-refractivity contribution >= 4 is 24.9 Å². The Hall–Kier alpha value is -3.43. The molecule has 0 amide bonds. The van der Waals surface area contributed by atoms with Crippen molar-refractivity contribution in [2.75, 3.05) is 18.6 Å². The van der Waals surface area contributed by atoms with Gasteiger partial charge in [0.25, 0.3) is 0 Å². The van der Waals surface area contributed by atoms with Crippen molar-refractivity contribution in [3.63, 3.8) is 0 Å². The highest BCUT2D eigenvalue weighted by molar-refractivity contribution is 7.39. The Morgan fingerprint density at radius 1 is 1.03 bits per heavy atom. The maximum absolute atomic E-state index is 12.5. The van der Waals surface area contributed by atoms with E-state index in [1.54, 1.807) is 6.33 Å². The third-order valence-corrected chi connectivity index (χ3v) is 5.88. The van der Waals surface area contributed by atoms with E-state index < -0.39 is 14.2 Å². The molecule has 0 fully saturated rings. The van der Waals surface area contributed by atoms with E-state index in [1.807, 2.05) is 72.2 Å². The lowest BCUT2D eigenvalue weighted by Gasteiger charge is -2.17. The summed E-state index contributed by atoms with van der Waals surface area (Å²) in [6.45, 7) is 2.81. The lowest BCUT2D eigenvalue weighted by molar-refractivity contribution is -0.161. The molecule has 4 rings (SSSR count). The topological polar surface area (TPSA) is 133 Å². The quantitative estimate of drug-likeness (QED) is 0.234. The van der Waals surface area contributed by atoms with Crippen LogP contribution >= 0.6 is 7.94 Å². The molecule has 2 aromatic carbocycles. The summed E-state index contributed by atoms with van der Waals surface area (Å²) in [6.07, 6.45) is 2.08. The Morgan fingerprint density at radius 2 is 1.77 bits per heavy atom. The van der Waals surface area contributed by atoms with Gasteiger partial charge in [0.1, 0.15) is 24.1 Å². The zero-order chi connectivity index (χ0) is 24.5. The van der Waals surface area contributed by atoms with E-state index in [-0.39, 0.29) is 19.0 Å². The molecule has 0 aliphatic carbocycles. The number of aromatic nitrogens is 4. The standard InChI is InChI=1S/C24H27N6O4P/c1-18(13-30-16-28-22-23(25)26-15-27-24(22)30)33-17-35(31)29-12-21(34-20-10-6-3-7-11-20)32-14-19-8-4-2-5-9-19/h2-11,15-16,18,21H,12-14,17H2,1H3,(H2,25,26,27)/t18-,21+/m1/s1. The molecule has 0 spiro atoms. The number of anilines is 1. The minimum atomic E-state index is -1.97. The van der Waals surface area contributed by atoms with E-state index >= 15 is 0 Å². The third-order valence-electron chi connectivity index (χ3n) is 5.03. The molecule has 0 radical (unpaired) electrons. The second-order valence-corrected chi connectivity index (χ2v) is 9.01. The van der Waals surface area contributed by atoms with Crippen LogP contribution in [-0.4, -0.2) is 44.8 Å². The van der Waals surface area contributed by atoms with Crippen LogP contribution in [0.2, 0.25) is 0 Å². The van der Waals surface area contributed by atoms with Crippen LogP contribution in [0, 0.1) is 0 Å². The first-order valence-electron chi connectivity index (χ1n) is 11.1. The maximum atomic E-state index is 12.5. The highest BCUT2D eigenvalue weighted by Gasteiger charge is 2.15. The monoisotopic (exact) mass is 494 g/mol. The van der Waals surface area contributed by atoms with Crippen LogP contribution in [0.15, 0.2) is 78.1 Å². The summed E-state index contributed by atoms with van der Waals surface area (Å²) in [6, 6.07) is 19.1. The lowest BCUT2D eigenvalue weighted by Crippen LogP contribution is -2.24. The molecular weight excluding hydrogens is 467 g/mol. The van der Waals surface area contributed by atoms with Gasteiger partial charge in [0, 0.05) is 0 Å². The minimum absolute atomic E-state index is 0.0169. The molecule has 11 heteroatoms. The number of rotatable bonds is 12. The number of para-hydroxylation sites is 1. The van der Waals surface area contributed by atoms with Gasteiger partial charge >= 0.3 is 0 Å². The fraction of sp³-hybridized carbons (Fsp3) is 0.292. The van der Waals surface area contributed by atoms with Gasteiger partial charge < -0.3 is 29.4 Å². The van der Waals surface area contributed by atoms with Crippen molar-refractivity contribution < 1.29 is 19.1 Å². The Balaban J connectivity index is 1.31. The van der Waals surface area contributed by atoms with Crippen molar-refractivity contribution in [1.29, 1.82) is 0 Å². The Labute approximate surface area is 204 Å². The zero-order valence-electron chi connectivity index (χ0n) is 19.3. The number of imidazole rings is 1. The molecule has 35 heavy (non-hydrogen) atoms. The van der Waals surface area contributed by atoms with Crippen molar-refractivity contribution in [1.82, 2.24) is 19.5 Å². The van der Waals surface area contributed by atoms with E-state index in [0.29, 0.717) is 35.9 Å². The van der Waals surface area contributed by atoms with Gasteiger partial charge in [0.2, 0.25) is 12.6 Å². The Bertz CT molecular complexity index is 1240. The predicted octanol–water partition coefficient (Wildman–Crippen LogP) is 3.33. The van der Waals surface area contributed by atoms with Crippen LogP contribution in [0.5, 0.6) is 5.75 Å². The number of nitrogen functional groups attached to an aromatic ring is 1. The molecular formula is C24H27N6O4P. The van der Waals surface area contributed by atoms with Gasteiger partial charge in [0.05, 0.1) is 25.6 Å². The van der Waals surface area contributed by atoms with E-state index in [1.165, 1.54) is 6.33 Å². The summed E-state index contributed by atoms with van der Waals surface area (Å²) in [4.78, 5) is 24.9. The van der Waals surface area contributed by atoms with Gasteiger partial charge in [-0.1, -0.05) is 48.5 Å². The lowest BCUT2D eigenvalue weighted by atomic mass is 10.2. The molecule has 2 heterocycles. The molecule has 1 unspecified atom stereocenters. The summed E-state index contributed by atoms with van der Waals surface area (Å²) in [5.41, 5.74) is 8.00. The van der Waals surface area contributed by atoms with E-state index in [2.05, 4.69) is 19.7 Å². The predicted molar refractivity (Wildman–Crippen MR) is 131 cm³/mol. The van der Waals surface area contributed by atoms with Gasteiger partial charge in [-0.05, 0) is 24.6 Å². The first kappa shape index (κ1) is 24.7. The Morgan fingerprint density at radius 3 is 2.54 bits per heavy atom. The van der Waals surface area contributed by atoms with Crippen molar-refractivity contribution in [3.05, 3.63) is 78.9 Å². The molecule has 0 aliphatic rings. The van der Waals surface area contributed by atoms with Gasteiger partial charge in [0.15, 0.2) is 19.4 Å². The van der Waals surface area contributed by atoms with Crippen molar-refractivity contribution in [2.24, 2.45) is 4.74 Å². The minimum Gasteiger partial charge on any atom is -0.610 e. The smallest absolute Gasteiger partial charge is 0.223 e. The number of fused-ring (bicyclic) bond motifs is 1. The van der Waals surface area contributed by atoms with Crippen LogP contribution < -0.4 is 15.4 Å². The average Bonchev–Trinajstić information content (AvgIpc) is 3.29. The molecule has 2 aromatic heterocycles. The number of benzene rings is 2. The Kier molecular flexibility index (Phi) is 8.69. The van der Waals surface area contributed by atoms with E-state index in [9.17, 15) is 4.89 Å². The summed E-state index contributed by atoms with van der Waals surface area (Å²) in [7, 11) is -1.97. The molecule has 0 saturated carbocycles. The second kappa shape index (κ2) is 12.3. The molecule has 10 nitrogen and oxygen atoms in total. The van der Waals surface area contributed by atoms with Crippen LogP contribution in [-0.2, 0) is 22.6 Å². The highest BCUT2D eigenvalue weighted by Crippen LogP contribution is 2.20. The van der Waals surface area contributed by atoms with Crippen LogP contribution in [0.1, 0.15) is 12.5 Å². The van der Waals surface area contributed by atoms with Crippen molar-refractivity contribution in [3.8, 4) is 5.75 Å². The summed E-state index contributed by atoms with van der Waals surface area (Å²) >= 11 is 0. The van der Waals surface area contributed by atoms with Gasteiger partial charge in [-0.3, -0.25) is 0 Å². The summed E-state index contributed by atoms with van der Waals surface area (Å²) in [5, 5.41) is 0. The largest absolute Gasteiger partial charge is 0.610 e. The van der Waals surface area contributed by atoms with E-state index in [0.717, 1.165) is 5.56 Å². The molecule has 182 valence electrons. The second-order valence-electron chi connectivity index (χ2n) is 7.77. The molecule has 0 aliphatic heterocycles. The number of hydrogen-bond acceptors (Lipinski definition) is 9. The number of nitrogens with zero attached hydrogens (tertiary/aromatic N) is 5. The van der Waals surface area contributed by atoms with Crippen LogP contribution in [0.3, 0.4) is 0 Å². The van der Waals surface area contributed by atoms with E-state index in [4.69, 9.17) is 19.9 Å². The fourth-order valence-electron chi connectivity index (χ4n) is 3.29. The van der Waals surface area contributed by atoms with Crippen LogP contribution in [0.4, 0.5) is 5.82 Å². The van der Waals surface area contributed by atoms with Gasteiger partial charge in [-0.2, -0.15) is 0 Å². The molecule has 0 saturated heterocycles. The molecule has 0 bridgehead atoms. The SMILES string of the molecule is C[C@H](Cn1cnc2c(N)ncnc21)OC[P+]([O-])=NC[C@@H](OCc1ccccc1)Oc1ccccc1. The normalized spacial score (nSPS) is 13.6. The number of nitrogens with two attached hydrogens (primary N) is 1. The van der Waals surface area contributed by atoms with Crippen molar-refractivity contribution in [2.45, 2.75) is 32.5 Å². The van der Waals surface area contributed by atoms with Crippen LogP contribution in [0.25, 0.3) is 11.2 Å². The maximum Gasteiger partial charge on any atom is 0.223 e. The van der Waals surface area contributed by atoms with Gasteiger partial charge in [-0.25, -0.2) is 15.0 Å². The first-order valence-corrected chi connectivity index (χ1v) is 12.5. The number of ether oxygens (including phenoxy) is 3. The summed E-state index contributed by atoms with van der Waals surface area (Å²) in [5.74, 6) is 0.976. The first-order chi connectivity index (χ1) is 17.1. The third kappa shape index (κ3) is 7.27. The zero-order valence-corrected chi connectivity index (χ0v) is 20.2. The average molecular weight is 494 g/mol.